The Balaban J connectivity index is 3.48. The van der Waals surface area contributed by atoms with Crippen LogP contribution in [0.15, 0.2) is 0 Å². The van der Waals surface area contributed by atoms with E-state index in [1.807, 2.05) is 0 Å². The Labute approximate surface area is 99.8 Å². The second-order valence-corrected chi connectivity index (χ2v) is 5.68. The van der Waals surface area contributed by atoms with E-state index in [4.69, 9.17) is 0 Å². The first-order valence-electron chi connectivity index (χ1n) is 7.01. The van der Waals surface area contributed by atoms with E-state index in [1.54, 1.807) is 0 Å². The van der Waals surface area contributed by atoms with E-state index in [0.29, 0.717) is 0 Å². The Morgan fingerprint density at radius 3 is 2.00 bits per heavy atom. The normalized spacial score (nSPS) is 15.2. The lowest BCUT2D eigenvalue weighted by Crippen LogP contribution is -2.13. The molecule has 0 N–H and O–H groups in total. The fraction of sp³-hybridized carbons (Fsp3) is 1.00. The smallest absolute Gasteiger partial charge is 0.0236 e. The van der Waals surface area contributed by atoms with Crippen LogP contribution in [-0.4, -0.2) is 5.66 Å². The molecule has 0 aliphatic carbocycles. The van der Waals surface area contributed by atoms with Crippen molar-refractivity contribution in [3.63, 3.8) is 0 Å². The third-order valence-electron chi connectivity index (χ3n) is 3.43. The zero-order valence-corrected chi connectivity index (χ0v) is 12.3. The van der Waals surface area contributed by atoms with Crippen molar-refractivity contribution in [3.8, 4) is 0 Å². The molecule has 15 heavy (non-hydrogen) atoms. The Hall–Kier alpha value is 0.430. The first-order valence-corrected chi connectivity index (χ1v) is 7.68. The van der Waals surface area contributed by atoms with Gasteiger partial charge in [0, 0.05) is 0 Å². The van der Waals surface area contributed by atoms with Crippen LogP contribution in [0, 0.1) is 5.92 Å². The van der Waals surface area contributed by atoms with E-state index in [0.717, 1.165) is 11.6 Å². The summed E-state index contributed by atoms with van der Waals surface area (Å²) in [6.45, 7) is 6.93. The van der Waals surface area contributed by atoms with E-state index >= 15 is 0 Å². The summed E-state index contributed by atoms with van der Waals surface area (Å²) in [5, 5.41) is 0. The quantitative estimate of drug-likeness (QED) is 0.347. The van der Waals surface area contributed by atoms with E-state index in [-0.39, 0.29) is 0 Å². The molecule has 0 aromatic heterocycles. The second kappa shape index (κ2) is 10.9. The lowest BCUT2D eigenvalue weighted by molar-refractivity contribution is 0.420. The molecule has 3 unspecified atom stereocenters. The molecule has 0 aromatic rings. The first kappa shape index (κ1) is 15.4. The number of rotatable bonds is 10. The van der Waals surface area contributed by atoms with Crippen molar-refractivity contribution >= 4 is 9.24 Å². The minimum absolute atomic E-state index is 0.872. The molecule has 92 valence electrons. The van der Waals surface area contributed by atoms with Crippen LogP contribution in [0.4, 0.5) is 0 Å². The van der Waals surface area contributed by atoms with Gasteiger partial charge in [-0.3, -0.25) is 0 Å². The Morgan fingerprint density at radius 2 is 1.47 bits per heavy atom. The van der Waals surface area contributed by atoms with Crippen LogP contribution in [0.3, 0.4) is 0 Å². The van der Waals surface area contributed by atoms with Crippen LogP contribution < -0.4 is 0 Å². The van der Waals surface area contributed by atoms with Gasteiger partial charge in [0.2, 0.25) is 0 Å². The van der Waals surface area contributed by atoms with Crippen molar-refractivity contribution in [1.82, 2.24) is 0 Å². The summed E-state index contributed by atoms with van der Waals surface area (Å²) in [6, 6.07) is 0. The average molecular weight is 230 g/mol. The molecule has 0 spiro atoms. The summed E-state index contributed by atoms with van der Waals surface area (Å²) in [5.41, 5.74) is 0.872. The highest BCUT2D eigenvalue weighted by Crippen LogP contribution is 2.26. The maximum Gasteiger partial charge on any atom is -0.0236 e. The second-order valence-electron chi connectivity index (χ2n) is 4.82. The van der Waals surface area contributed by atoms with Gasteiger partial charge in [0.25, 0.3) is 0 Å². The molecular weight excluding hydrogens is 199 g/mol. The third-order valence-corrected chi connectivity index (χ3v) is 4.31. The van der Waals surface area contributed by atoms with Gasteiger partial charge in [0.05, 0.1) is 0 Å². The van der Waals surface area contributed by atoms with Gasteiger partial charge in [0.1, 0.15) is 0 Å². The number of unbranched alkanes of at least 4 members (excludes halogenated alkanes) is 4. The van der Waals surface area contributed by atoms with Crippen molar-refractivity contribution in [1.29, 1.82) is 0 Å². The highest BCUT2D eigenvalue weighted by Gasteiger charge is 2.13. The maximum absolute atomic E-state index is 3.09. The molecule has 0 aliphatic heterocycles. The van der Waals surface area contributed by atoms with Crippen LogP contribution in [0.1, 0.15) is 78.6 Å². The minimum Gasteiger partial charge on any atom is -0.134 e. The molecule has 0 aromatic carbocycles. The van der Waals surface area contributed by atoms with Crippen molar-refractivity contribution in [2.75, 3.05) is 0 Å². The number of hydrogen-bond donors (Lipinski definition) is 0. The standard InChI is InChI=1S/C14H31P/c1-4-7-8-9-10-12-14(15)13(6-3)11-5-2/h13-14H,4-12,15H2,1-3H3. The van der Waals surface area contributed by atoms with E-state index in [2.05, 4.69) is 30.0 Å². The summed E-state index contributed by atoms with van der Waals surface area (Å²) < 4.78 is 0. The van der Waals surface area contributed by atoms with Gasteiger partial charge in [0.15, 0.2) is 0 Å². The molecule has 1 heteroatoms. The fourth-order valence-corrected chi connectivity index (χ4v) is 3.01. The molecule has 0 radical (unpaired) electrons. The molecular formula is C14H31P. The summed E-state index contributed by atoms with van der Waals surface area (Å²) in [5.74, 6) is 0.950. The summed E-state index contributed by atoms with van der Waals surface area (Å²) in [7, 11) is 3.09. The van der Waals surface area contributed by atoms with Gasteiger partial charge in [-0.2, -0.15) is 0 Å². The van der Waals surface area contributed by atoms with Crippen LogP contribution in [0.25, 0.3) is 0 Å². The first-order chi connectivity index (χ1) is 7.26. The van der Waals surface area contributed by atoms with Crippen molar-refractivity contribution < 1.29 is 0 Å². The van der Waals surface area contributed by atoms with Crippen LogP contribution in [0.5, 0.6) is 0 Å². The highest BCUT2D eigenvalue weighted by atomic mass is 31.0. The van der Waals surface area contributed by atoms with E-state index in [1.165, 1.54) is 57.8 Å². The predicted molar refractivity (Wildman–Crippen MR) is 75.6 cm³/mol. The van der Waals surface area contributed by atoms with Gasteiger partial charge in [-0.1, -0.05) is 72.1 Å². The summed E-state index contributed by atoms with van der Waals surface area (Å²) in [6.07, 6.45) is 12.7. The van der Waals surface area contributed by atoms with Gasteiger partial charge >= 0.3 is 0 Å². The molecule has 0 heterocycles. The van der Waals surface area contributed by atoms with Crippen LogP contribution in [-0.2, 0) is 0 Å². The SMILES string of the molecule is CCCCCCCC(P)C(CC)CCC. The van der Waals surface area contributed by atoms with Crippen LogP contribution >= 0.6 is 9.24 Å². The lowest BCUT2D eigenvalue weighted by atomic mass is 9.93. The molecule has 0 nitrogen and oxygen atoms in total. The molecule has 0 saturated heterocycles. The van der Waals surface area contributed by atoms with Crippen molar-refractivity contribution in [3.05, 3.63) is 0 Å². The Morgan fingerprint density at radius 1 is 0.800 bits per heavy atom. The molecule has 0 saturated carbocycles. The third kappa shape index (κ3) is 8.26. The van der Waals surface area contributed by atoms with Gasteiger partial charge in [-0.05, 0) is 18.0 Å². The molecule has 0 bridgehead atoms. The molecule has 0 aliphatic rings. The monoisotopic (exact) mass is 230 g/mol. The lowest BCUT2D eigenvalue weighted by Gasteiger charge is -2.21. The zero-order valence-electron chi connectivity index (χ0n) is 11.1. The topological polar surface area (TPSA) is 0 Å². The predicted octanol–water partition coefficient (Wildman–Crippen LogP) is 5.42. The average Bonchev–Trinajstić information content (AvgIpc) is 2.25. The largest absolute Gasteiger partial charge is 0.134 e. The molecule has 0 amide bonds. The van der Waals surface area contributed by atoms with Crippen molar-refractivity contribution in [2.45, 2.75) is 84.2 Å². The van der Waals surface area contributed by atoms with Crippen molar-refractivity contribution in [2.24, 2.45) is 5.92 Å². The van der Waals surface area contributed by atoms with Gasteiger partial charge < -0.3 is 0 Å². The van der Waals surface area contributed by atoms with E-state index < -0.39 is 0 Å². The molecule has 3 atom stereocenters. The van der Waals surface area contributed by atoms with Gasteiger partial charge in [-0.25, -0.2) is 0 Å². The van der Waals surface area contributed by atoms with Gasteiger partial charge in [-0.15, -0.1) is 9.24 Å². The minimum atomic E-state index is 0.872. The summed E-state index contributed by atoms with van der Waals surface area (Å²) >= 11 is 0. The summed E-state index contributed by atoms with van der Waals surface area (Å²) in [4.78, 5) is 0. The van der Waals surface area contributed by atoms with E-state index in [9.17, 15) is 0 Å². The highest BCUT2D eigenvalue weighted by molar-refractivity contribution is 7.17. The maximum atomic E-state index is 3.09. The number of hydrogen-bond acceptors (Lipinski definition) is 0. The Kier molecular flexibility index (Phi) is 11.2. The molecule has 0 rings (SSSR count). The fourth-order valence-electron chi connectivity index (χ4n) is 2.31. The zero-order chi connectivity index (χ0) is 11.5. The van der Waals surface area contributed by atoms with Crippen LogP contribution in [0.2, 0.25) is 0 Å². The Bertz CT molecular complexity index is 123. The molecule has 0 fully saturated rings.